The molecule has 0 spiro atoms. The van der Waals surface area contributed by atoms with Gasteiger partial charge >= 0.3 is 6.09 Å². The van der Waals surface area contributed by atoms with Gasteiger partial charge in [0.1, 0.15) is 10.6 Å². The number of amides is 2. The largest absolute Gasteiger partial charge is 0.443 e. The van der Waals surface area contributed by atoms with Crippen molar-refractivity contribution >= 4 is 63.3 Å². The highest BCUT2D eigenvalue weighted by Gasteiger charge is 2.32. The monoisotopic (exact) mass is 370 g/mol. The molecule has 9 heteroatoms. The molecule has 5 nitrogen and oxygen atoms in total. The highest BCUT2D eigenvalue weighted by molar-refractivity contribution is 7.98. The normalized spacial score (nSPS) is 11.3. The number of imide groups is 1. The second-order valence-electron chi connectivity index (χ2n) is 5.02. The number of thioether (sulfide) groups is 1. The minimum absolute atomic E-state index is 0.00774. The molecule has 0 aliphatic heterocycles. The molecule has 0 saturated heterocycles. The number of rotatable bonds is 4. The van der Waals surface area contributed by atoms with Crippen molar-refractivity contribution in [3.05, 3.63) is 9.62 Å². The second kappa shape index (κ2) is 7.67. The minimum Gasteiger partial charge on any atom is -0.443 e. The van der Waals surface area contributed by atoms with Gasteiger partial charge in [0.15, 0.2) is 9.62 Å². The molecule has 0 bridgehead atoms. The lowest BCUT2D eigenvalue weighted by Gasteiger charge is -2.25. The minimum atomic E-state index is -0.782. The zero-order valence-electron chi connectivity index (χ0n) is 12.1. The van der Waals surface area contributed by atoms with Gasteiger partial charge in [-0.15, -0.1) is 0 Å². The number of anilines is 1. The smallest absolute Gasteiger partial charge is 0.422 e. The number of nitrogens with zero attached hydrogens (tertiary/aromatic N) is 2. The van der Waals surface area contributed by atoms with Crippen LogP contribution in [0.4, 0.5) is 9.80 Å². The first-order chi connectivity index (χ1) is 9.65. The Labute approximate surface area is 142 Å². The maximum absolute atomic E-state index is 12.3. The summed E-state index contributed by atoms with van der Waals surface area (Å²) in [4.78, 5) is 29.3. The standard InChI is InChI=1S/C12H16Cl2N2O3S2/c1-12(2,3)19-11(18)16(7(17)5-6-20-4)9-8(13)15-10(14)21-9/h5-6H2,1-4H3. The molecule has 0 N–H and O–H groups in total. The van der Waals surface area contributed by atoms with E-state index in [0.29, 0.717) is 5.75 Å². The van der Waals surface area contributed by atoms with Crippen molar-refractivity contribution in [1.82, 2.24) is 4.98 Å². The Bertz CT molecular complexity index is 529. The van der Waals surface area contributed by atoms with Crippen LogP contribution in [-0.2, 0) is 9.53 Å². The Morgan fingerprint density at radius 2 is 2.00 bits per heavy atom. The fraction of sp³-hybridized carbons (Fsp3) is 0.583. The summed E-state index contributed by atoms with van der Waals surface area (Å²) < 4.78 is 5.41. The van der Waals surface area contributed by atoms with Crippen LogP contribution >= 0.6 is 46.3 Å². The summed E-state index contributed by atoms with van der Waals surface area (Å²) in [6, 6.07) is 0. The van der Waals surface area contributed by atoms with E-state index in [2.05, 4.69) is 4.98 Å². The summed E-state index contributed by atoms with van der Waals surface area (Å²) in [5.41, 5.74) is -0.726. The van der Waals surface area contributed by atoms with Gasteiger partial charge in [-0.05, 0) is 27.0 Å². The number of thiazole rings is 1. The van der Waals surface area contributed by atoms with Gasteiger partial charge in [0.25, 0.3) is 0 Å². The van der Waals surface area contributed by atoms with E-state index >= 15 is 0 Å². The SMILES string of the molecule is CSCCC(=O)N(C(=O)OC(C)(C)C)c1sc(Cl)nc1Cl. The number of hydrogen-bond acceptors (Lipinski definition) is 6. The summed E-state index contributed by atoms with van der Waals surface area (Å²) >= 11 is 14.2. The molecule has 0 aromatic carbocycles. The van der Waals surface area contributed by atoms with Gasteiger partial charge in [-0.2, -0.15) is 11.8 Å². The molecule has 0 unspecified atom stereocenters. The van der Waals surface area contributed by atoms with Crippen molar-refractivity contribution < 1.29 is 14.3 Å². The van der Waals surface area contributed by atoms with Crippen molar-refractivity contribution in [2.45, 2.75) is 32.8 Å². The van der Waals surface area contributed by atoms with Gasteiger partial charge in [0.05, 0.1) is 0 Å². The average molecular weight is 371 g/mol. The van der Waals surface area contributed by atoms with E-state index in [9.17, 15) is 9.59 Å². The molecule has 0 atom stereocenters. The fourth-order valence-electron chi connectivity index (χ4n) is 1.31. The van der Waals surface area contributed by atoms with E-state index < -0.39 is 17.6 Å². The average Bonchev–Trinajstić information content (AvgIpc) is 2.64. The van der Waals surface area contributed by atoms with Crippen molar-refractivity contribution in [1.29, 1.82) is 0 Å². The Kier molecular flexibility index (Phi) is 6.77. The van der Waals surface area contributed by atoms with Crippen LogP contribution in [0.2, 0.25) is 9.62 Å². The number of aromatic nitrogens is 1. The highest BCUT2D eigenvalue weighted by atomic mass is 35.5. The van der Waals surface area contributed by atoms with E-state index in [0.717, 1.165) is 16.2 Å². The molecule has 0 aliphatic rings. The van der Waals surface area contributed by atoms with Crippen LogP contribution in [0.3, 0.4) is 0 Å². The third-order valence-electron chi connectivity index (χ3n) is 2.09. The van der Waals surface area contributed by atoms with Crippen molar-refractivity contribution in [3.8, 4) is 0 Å². The lowest BCUT2D eigenvalue weighted by molar-refractivity contribution is -0.117. The van der Waals surface area contributed by atoms with Crippen LogP contribution in [-0.4, -0.2) is 34.6 Å². The molecule has 1 aromatic rings. The van der Waals surface area contributed by atoms with Gasteiger partial charge in [0.2, 0.25) is 5.91 Å². The zero-order chi connectivity index (χ0) is 16.2. The zero-order valence-corrected chi connectivity index (χ0v) is 15.3. The van der Waals surface area contributed by atoms with Gasteiger partial charge < -0.3 is 4.74 Å². The molecule has 21 heavy (non-hydrogen) atoms. The van der Waals surface area contributed by atoms with Crippen molar-refractivity contribution in [2.75, 3.05) is 16.9 Å². The maximum atomic E-state index is 12.3. The van der Waals surface area contributed by atoms with Gasteiger partial charge in [-0.3, -0.25) is 4.79 Å². The third kappa shape index (κ3) is 5.65. The van der Waals surface area contributed by atoms with Crippen molar-refractivity contribution in [3.63, 3.8) is 0 Å². The number of carbonyl (C=O) groups is 2. The number of hydrogen-bond donors (Lipinski definition) is 0. The van der Waals surface area contributed by atoms with Crippen molar-refractivity contribution in [2.24, 2.45) is 0 Å². The van der Waals surface area contributed by atoms with Crippen LogP contribution < -0.4 is 4.90 Å². The maximum Gasteiger partial charge on any atom is 0.422 e. The van der Waals surface area contributed by atoms with E-state index in [1.165, 1.54) is 11.8 Å². The molecule has 0 fully saturated rings. The first kappa shape index (κ1) is 18.5. The van der Waals surface area contributed by atoms with Crippen LogP contribution in [0.5, 0.6) is 0 Å². The van der Waals surface area contributed by atoms with Gasteiger partial charge in [-0.25, -0.2) is 14.7 Å². The first-order valence-corrected chi connectivity index (χ1v) is 8.99. The third-order valence-corrected chi connectivity index (χ3v) is 4.22. The molecule has 118 valence electrons. The fourth-order valence-corrected chi connectivity index (χ4v) is 3.07. The van der Waals surface area contributed by atoms with Crippen LogP contribution in [0.15, 0.2) is 0 Å². The Morgan fingerprint density at radius 1 is 1.38 bits per heavy atom. The molecule has 0 radical (unpaired) electrons. The molecule has 0 aliphatic carbocycles. The molecular weight excluding hydrogens is 355 g/mol. The summed E-state index contributed by atoms with van der Waals surface area (Å²) in [6.07, 6.45) is 1.28. The molecule has 2 amide bonds. The lowest BCUT2D eigenvalue weighted by atomic mass is 10.2. The number of ether oxygens (including phenoxy) is 1. The highest BCUT2D eigenvalue weighted by Crippen LogP contribution is 2.36. The molecule has 0 saturated carbocycles. The Balaban J connectivity index is 3.08. The van der Waals surface area contributed by atoms with E-state index in [4.69, 9.17) is 27.9 Å². The topological polar surface area (TPSA) is 59.5 Å². The summed E-state index contributed by atoms with van der Waals surface area (Å²) in [7, 11) is 0. The molecule has 1 aromatic heterocycles. The quantitative estimate of drug-likeness (QED) is 0.782. The van der Waals surface area contributed by atoms with Crippen LogP contribution in [0, 0.1) is 0 Å². The molecule has 1 rings (SSSR count). The van der Waals surface area contributed by atoms with E-state index in [1.807, 2.05) is 6.26 Å². The predicted octanol–water partition coefficient (Wildman–Crippen LogP) is 4.47. The molecular formula is C12H16Cl2N2O3S2. The van der Waals surface area contributed by atoms with E-state index in [1.54, 1.807) is 20.8 Å². The van der Waals surface area contributed by atoms with Crippen LogP contribution in [0.25, 0.3) is 0 Å². The second-order valence-corrected chi connectivity index (χ2v) is 7.92. The van der Waals surface area contributed by atoms with Crippen LogP contribution in [0.1, 0.15) is 27.2 Å². The number of halogens is 2. The number of carbonyl (C=O) groups excluding carboxylic acids is 2. The predicted molar refractivity (Wildman–Crippen MR) is 88.9 cm³/mol. The Morgan fingerprint density at radius 3 is 2.43 bits per heavy atom. The Hall–Kier alpha value is -0.500. The summed E-state index contributed by atoms with van der Waals surface area (Å²) in [6.45, 7) is 5.16. The van der Waals surface area contributed by atoms with Gasteiger partial charge in [0, 0.05) is 12.2 Å². The van der Waals surface area contributed by atoms with Gasteiger partial charge in [-0.1, -0.05) is 34.5 Å². The summed E-state index contributed by atoms with van der Waals surface area (Å²) in [5.74, 6) is 0.184. The lowest BCUT2D eigenvalue weighted by Crippen LogP contribution is -2.41. The van der Waals surface area contributed by atoms with E-state index in [-0.39, 0.29) is 21.0 Å². The summed E-state index contributed by atoms with van der Waals surface area (Å²) in [5, 5.41) is 0.190. The molecule has 1 heterocycles. The first-order valence-electron chi connectivity index (χ1n) is 6.02.